The van der Waals surface area contributed by atoms with Gasteiger partial charge in [-0.2, -0.15) is 5.10 Å². The molecule has 0 aliphatic carbocycles. The molecule has 0 aliphatic rings. The van der Waals surface area contributed by atoms with E-state index in [0.717, 1.165) is 19.5 Å². The van der Waals surface area contributed by atoms with Gasteiger partial charge in [0, 0.05) is 13.2 Å². The van der Waals surface area contributed by atoms with Crippen LogP contribution in [0.1, 0.15) is 25.5 Å². The van der Waals surface area contributed by atoms with Gasteiger partial charge in [-0.05, 0) is 38.4 Å². The zero-order valence-corrected chi connectivity index (χ0v) is 8.58. The molecule has 0 aliphatic heterocycles. The van der Waals surface area contributed by atoms with Crippen LogP contribution in [0.25, 0.3) is 0 Å². The predicted molar refractivity (Wildman–Crippen MR) is 54.7 cm³/mol. The Morgan fingerprint density at radius 1 is 1.46 bits per heavy atom. The van der Waals surface area contributed by atoms with Crippen LogP contribution in [0.5, 0.6) is 0 Å². The highest BCUT2D eigenvalue weighted by Gasteiger charge is 1.95. The molecule has 0 saturated carbocycles. The van der Waals surface area contributed by atoms with E-state index >= 15 is 0 Å². The Morgan fingerprint density at radius 2 is 2.31 bits per heavy atom. The monoisotopic (exact) mass is 181 g/mol. The molecule has 74 valence electrons. The van der Waals surface area contributed by atoms with Crippen LogP contribution in [0.3, 0.4) is 0 Å². The smallest absolute Gasteiger partial charge is 0.0624 e. The standard InChI is InChI=1S/C10H19N3/c1-3-11-8-5-4-6-10-7-9-13(2)12-10/h7,9,11H,3-6,8H2,1-2H3. The molecule has 3 heteroatoms. The molecule has 13 heavy (non-hydrogen) atoms. The second-order valence-electron chi connectivity index (χ2n) is 3.29. The number of hydrogen-bond acceptors (Lipinski definition) is 2. The summed E-state index contributed by atoms with van der Waals surface area (Å²) >= 11 is 0. The Balaban J connectivity index is 2.06. The Hall–Kier alpha value is -0.830. The van der Waals surface area contributed by atoms with Crippen LogP contribution in [0, 0.1) is 0 Å². The van der Waals surface area contributed by atoms with Gasteiger partial charge < -0.3 is 5.32 Å². The maximum Gasteiger partial charge on any atom is 0.0624 e. The highest BCUT2D eigenvalue weighted by molar-refractivity contribution is 4.98. The van der Waals surface area contributed by atoms with Gasteiger partial charge in [0.25, 0.3) is 0 Å². The molecule has 0 unspecified atom stereocenters. The summed E-state index contributed by atoms with van der Waals surface area (Å²) in [5.41, 5.74) is 1.21. The van der Waals surface area contributed by atoms with Crippen LogP contribution in [0.2, 0.25) is 0 Å². The van der Waals surface area contributed by atoms with Crippen LogP contribution < -0.4 is 5.32 Å². The van der Waals surface area contributed by atoms with Gasteiger partial charge in [0.1, 0.15) is 0 Å². The van der Waals surface area contributed by atoms with Crippen molar-refractivity contribution in [2.24, 2.45) is 7.05 Å². The van der Waals surface area contributed by atoms with Crippen molar-refractivity contribution in [3.8, 4) is 0 Å². The molecule has 0 bridgehead atoms. The summed E-state index contributed by atoms with van der Waals surface area (Å²) in [6, 6.07) is 2.09. The Kier molecular flexibility index (Phi) is 4.54. The van der Waals surface area contributed by atoms with Crippen molar-refractivity contribution in [3.63, 3.8) is 0 Å². The first-order valence-electron chi connectivity index (χ1n) is 5.02. The van der Waals surface area contributed by atoms with Gasteiger partial charge in [0.15, 0.2) is 0 Å². The lowest BCUT2D eigenvalue weighted by Crippen LogP contribution is -2.13. The molecule has 1 rings (SSSR count). The lowest BCUT2D eigenvalue weighted by Gasteiger charge is -1.99. The van der Waals surface area contributed by atoms with E-state index in [1.807, 2.05) is 17.9 Å². The van der Waals surface area contributed by atoms with Crippen molar-refractivity contribution in [2.75, 3.05) is 13.1 Å². The zero-order chi connectivity index (χ0) is 9.52. The third-order valence-corrected chi connectivity index (χ3v) is 2.06. The van der Waals surface area contributed by atoms with Gasteiger partial charge in [0.2, 0.25) is 0 Å². The fourth-order valence-corrected chi connectivity index (χ4v) is 1.33. The topological polar surface area (TPSA) is 29.9 Å². The van der Waals surface area contributed by atoms with Gasteiger partial charge in [-0.1, -0.05) is 6.92 Å². The zero-order valence-electron chi connectivity index (χ0n) is 8.58. The molecule has 0 fully saturated rings. The maximum absolute atomic E-state index is 4.32. The van der Waals surface area contributed by atoms with E-state index in [4.69, 9.17) is 0 Å². The molecular formula is C10H19N3. The number of rotatable bonds is 6. The number of nitrogens with one attached hydrogen (secondary N) is 1. The molecule has 0 radical (unpaired) electrons. The van der Waals surface area contributed by atoms with Crippen LogP contribution >= 0.6 is 0 Å². The van der Waals surface area contributed by atoms with E-state index in [0.29, 0.717) is 0 Å². The Morgan fingerprint density at radius 3 is 2.92 bits per heavy atom. The minimum atomic E-state index is 1.07. The lowest BCUT2D eigenvalue weighted by atomic mass is 10.2. The largest absolute Gasteiger partial charge is 0.317 e. The fourth-order valence-electron chi connectivity index (χ4n) is 1.33. The summed E-state index contributed by atoms with van der Waals surface area (Å²) in [7, 11) is 1.96. The van der Waals surface area contributed by atoms with E-state index in [-0.39, 0.29) is 0 Å². The van der Waals surface area contributed by atoms with E-state index in [1.165, 1.54) is 18.5 Å². The van der Waals surface area contributed by atoms with Crippen molar-refractivity contribution in [2.45, 2.75) is 26.2 Å². The second-order valence-corrected chi connectivity index (χ2v) is 3.29. The Bertz CT molecular complexity index is 230. The first kappa shape index (κ1) is 10.3. The average Bonchev–Trinajstić information content (AvgIpc) is 2.51. The maximum atomic E-state index is 4.32. The second kappa shape index (κ2) is 5.75. The van der Waals surface area contributed by atoms with Gasteiger partial charge >= 0.3 is 0 Å². The number of aryl methyl sites for hydroxylation is 2. The third-order valence-electron chi connectivity index (χ3n) is 2.06. The molecule has 0 amide bonds. The summed E-state index contributed by atoms with van der Waals surface area (Å²) in [5.74, 6) is 0. The molecule has 1 N–H and O–H groups in total. The van der Waals surface area contributed by atoms with Crippen molar-refractivity contribution in [3.05, 3.63) is 18.0 Å². The number of nitrogens with zero attached hydrogens (tertiary/aromatic N) is 2. The van der Waals surface area contributed by atoms with Gasteiger partial charge in [-0.15, -0.1) is 0 Å². The van der Waals surface area contributed by atoms with E-state index < -0.39 is 0 Å². The van der Waals surface area contributed by atoms with Gasteiger partial charge in [-0.25, -0.2) is 0 Å². The summed E-state index contributed by atoms with van der Waals surface area (Å²) in [6.07, 6.45) is 5.57. The molecule has 1 heterocycles. The van der Waals surface area contributed by atoms with E-state index in [1.54, 1.807) is 0 Å². The molecule has 0 atom stereocenters. The number of hydrogen-bond donors (Lipinski definition) is 1. The van der Waals surface area contributed by atoms with Crippen molar-refractivity contribution >= 4 is 0 Å². The van der Waals surface area contributed by atoms with E-state index in [9.17, 15) is 0 Å². The summed E-state index contributed by atoms with van der Waals surface area (Å²) in [5, 5.41) is 7.64. The first-order chi connectivity index (χ1) is 6.33. The van der Waals surface area contributed by atoms with Crippen LogP contribution in [0.15, 0.2) is 12.3 Å². The van der Waals surface area contributed by atoms with Crippen molar-refractivity contribution in [1.29, 1.82) is 0 Å². The lowest BCUT2D eigenvalue weighted by molar-refractivity contribution is 0.631. The molecule has 0 aromatic carbocycles. The molecule has 1 aromatic rings. The van der Waals surface area contributed by atoms with Gasteiger partial charge in [0.05, 0.1) is 5.69 Å². The van der Waals surface area contributed by atoms with Crippen molar-refractivity contribution < 1.29 is 0 Å². The highest BCUT2D eigenvalue weighted by atomic mass is 15.2. The molecule has 0 saturated heterocycles. The minimum absolute atomic E-state index is 1.07. The summed E-state index contributed by atoms with van der Waals surface area (Å²) < 4.78 is 1.86. The molecular weight excluding hydrogens is 162 g/mol. The van der Waals surface area contributed by atoms with Crippen LogP contribution in [-0.4, -0.2) is 22.9 Å². The normalized spacial score (nSPS) is 10.6. The van der Waals surface area contributed by atoms with Crippen LogP contribution in [-0.2, 0) is 13.5 Å². The first-order valence-corrected chi connectivity index (χ1v) is 5.02. The minimum Gasteiger partial charge on any atom is -0.317 e. The number of unbranched alkanes of at least 4 members (excludes halogenated alkanes) is 1. The summed E-state index contributed by atoms with van der Waals surface area (Å²) in [4.78, 5) is 0. The fraction of sp³-hybridized carbons (Fsp3) is 0.700. The van der Waals surface area contributed by atoms with Crippen molar-refractivity contribution in [1.82, 2.24) is 15.1 Å². The predicted octanol–water partition coefficient (Wildman–Crippen LogP) is 1.35. The number of aromatic nitrogens is 2. The summed E-state index contributed by atoms with van der Waals surface area (Å²) in [6.45, 7) is 4.34. The molecule has 1 aromatic heterocycles. The van der Waals surface area contributed by atoms with Crippen LogP contribution in [0.4, 0.5) is 0 Å². The highest BCUT2D eigenvalue weighted by Crippen LogP contribution is 2.00. The average molecular weight is 181 g/mol. The molecule has 3 nitrogen and oxygen atoms in total. The SMILES string of the molecule is CCNCCCCc1ccn(C)n1. The third kappa shape index (κ3) is 4.08. The molecule has 0 spiro atoms. The van der Waals surface area contributed by atoms with E-state index in [2.05, 4.69) is 23.4 Å². The Labute approximate surface area is 80.1 Å². The van der Waals surface area contributed by atoms with Gasteiger partial charge in [-0.3, -0.25) is 4.68 Å². The quantitative estimate of drug-likeness (QED) is 0.671.